The minimum absolute atomic E-state index is 0.0336. The summed E-state index contributed by atoms with van der Waals surface area (Å²) < 4.78 is 1.45. The van der Waals surface area contributed by atoms with Crippen LogP contribution in [0.3, 0.4) is 0 Å². The highest BCUT2D eigenvalue weighted by Crippen LogP contribution is 2.22. The second kappa shape index (κ2) is 6.26. The molecule has 2 aromatic heterocycles. The number of azide groups is 1. The van der Waals surface area contributed by atoms with Crippen LogP contribution in [-0.4, -0.2) is 20.5 Å². The van der Waals surface area contributed by atoms with E-state index in [1.54, 1.807) is 30.5 Å². The largest absolute Gasteiger partial charge is 0.305 e. The van der Waals surface area contributed by atoms with E-state index in [0.717, 1.165) is 5.56 Å². The van der Waals surface area contributed by atoms with Crippen molar-refractivity contribution >= 4 is 23.2 Å². The minimum atomic E-state index is -0.251. The lowest BCUT2D eigenvalue weighted by Crippen LogP contribution is -2.14. The summed E-state index contributed by atoms with van der Waals surface area (Å²) in [6.45, 7) is 6.36. The zero-order valence-corrected chi connectivity index (χ0v) is 14.1. The molecule has 0 bridgehead atoms. The van der Waals surface area contributed by atoms with Gasteiger partial charge in [-0.2, -0.15) is 5.10 Å². The van der Waals surface area contributed by atoms with Gasteiger partial charge in [-0.05, 0) is 45.9 Å². The number of rotatable bonds is 3. The summed E-state index contributed by atoms with van der Waals surface area (Å²) in [5, 5.41) is 10.3. The number of nitrogens with one attached hydrogen (secondary N) is 1. The monoisotopic (exact) mass is 335 g/mol. The minimum Gasteiger partial charge on any atom is -0.305 e. The van der Waals surface area contributed by atoms with Crippen LogP contribution < -0.4 is 5.32 Å². The maximum absolute atomic E-state index is 12.4. The molecule has 0 radical (unpaired) electrons. The van der Waals surface area contributed by atoms with Crippen molar-refractivity contribution in [1.82, 2.24) is 14.6 Å². The van der Waals surface area contributed by atoms with E-state index in [1.807, 2.05) is 12.1 Å². The predicted molar refractivity (Wildman–Crippen MR) is 94.9 cm³/mol. The van der Waals surface area contributed by atoms with Gasteiger partial charge in [0.1, 0.15) is 5.82 Å². The van der Waals surface area contributed by atoms with E-state index >= 15 is 0 Å². The third-order valence-corrected chi connectivity index (χ3v) is 3.71. The van der Waals surface area contributed by atoms with E-state index in [2.05, 4.69) is 46.2 Å². The molecule has 0 saturated heterocycles. The molecule has 0 fully saturated rings. The number of imidazole rings is 1. The molecule has 8 nitrogen and oxygen atoms in total. The van der Waals surface area contributed by atoms with E-state index < -0.39 is 0 Å². The van der Waals surface area contributed by atoms with Gasteiger partial charge in [0.15, 0.2) is 11.5 Å². The molecule has 0 saturated carbocycles. The van der Waals surface area contributed by atoms with Crippen molar-refractivity contribution in [1.29, 1.82) is 0 Å². The van der Waals surface area contributed by atoms with Crippen LogP contribution in [0.15, 0.2) is 47.7 Å². The summed E-state index contributed by atoms with van der Waals surface area (Å²) in [6.07, 6.45) is 1.56. The number of hydrogen-bond acceptors (Lipinski definition) is 4. The zero-order valence-electron chi connectivity index (χ0n) is 14.1. The lowest BCUT2D eigenvalue weighted by molar-refractivity contribution is 0.102. The van der Waals surface area contributed by atoms with Crippen molar-refractivity contribution < 1.29 is 4.79 Å². The Hall–Kier alpha value is -3.38. The van der Waals surface area contributed by atoms with Crippen molar-refractivity contribution in [3.63, 3.8) is 0 Å². The number of hydrogen-bond donors (Lipinski definition) is 1. The fraction of sp³-hybridized carbons (Fsp3) is 0.235. The van der Waals surface area contributed by atoms with Crippen molar-refractivity contribution in [2.24, 2.45) is 5.11 Å². The van der Waals surface area contributed by atoms with Crippen LogP contribution in [0.2, 0.25) is 0 Å². The molecule has 3 aromatic rings. The van der Waals surface area contributed by atoms with Gasteiger partial charge >= 0.3 is 0 Å². The summed E-state index contributed by atoms with van der Waals surface area (Å²) in [4.78, 5) is 19.3. The number of nitrogens with zero attached hydrogens (tertiary/aromatic N) is 6. The van der Waals surface area contributed by atoms with Crippen LogP contribution in [-0.2, 0) is 5.41 Å². The Morgan fingerprint density at radius 2 is 1.92 bits per heavy atom. The Morgan fingerprint density at radius 3 is 2.56 bits per heavy atom. The molecular formula is C17H17N7O. The van der Waals surface area contributed by atoms with Gasteiger partial charge in [-0.1, -0.05) is 32.9 Å². The van der Waals surface area contributed by atoms with E-state index in [0.29, 0.717) is 17.0 Å². The third-order valence-electron chi connectivity index (χ3n) is 3.71. The fourth-order valence-electron chi connectivity index (χ4n) is 2.34. The van der Waals surface area contributed by atoms with Gasteiger partial charge in [-0.25, -0.2) is 9.50 Å². The molecule has 3 rings (SSSR count). The average Bonchev–Trinajstić information content (AvgIpc) is 2.96. The van der Waals surface area contributed by atoms with Crippen LogP contribution in [0.4, 0.5) is 11.6 Å². The predicted octanol–water partition coefficient (Wildman–Crippen LogP) is 4.22. The molecular weight excluding hydrogens is 318 g/mol. The lowest BCUT2D eigenvalue weighted by atomic mass is 9.87. The summed E-state index contributed by atoms with van der Waals surface area (Å²) >= 11 is 0. The topological polar surface area (TPSA) is 108 Å². The second-order valence-corrected chi connectivity index (χ2v) is 6.59. The van der Waals surface area contributed by atoms with E-state index in [9.17, 15) is 4.79 Å². The fourth-order valence-corrected chi connectivity index (χ4v) is 2.34. The van der Waals surface area contributed by atoms with Crippen molar-refractivity contribution in [2.45, 2.75) is 26.2 Å². The first-order valence-corrected chi connectivity index (χ1v) is 7.70. The van der Waals surface area contributed by atoms with Gasteiger partial charge in [-0.15, -0.1) is 0 Å². The number of fused-ring (bicyclic) bond motifs is 1. The van der Waals surface area contributed by atoms with Crippen LogP contribution in [0.1, 0.15) is 36.7 Å². The summed E-state index contributed by atoms with van der Waals surface area (Å²) in [7, 11) is 0. The van der Waals surface area contributed by atoms with E-state index in [-0.39, 0.29) is 17.1 Å². The summed E-state index contributed by atoms with van der Waals surface area (Å²) in [5.41, 5.74) is 10.7. The first-order valence-electron chi connectivity index (χ1n) is 7.70. The number of aromatic nitrogens is 3. The van der Waals surface area contributed by atoms with Crippen molar-refractivity contribution in [2.75, 3.05) is 5.32 Å². The van der Waals surface area contributed by atoms with Crippen LogP contribution >= 0.6 is 0 Å². The van der Waals surface area contributed by atoms with Gasteiger partial charge in [0, 0.05) is 10.5 Å². The first-order chi connectivity index (χ1) is 11.9. The Morgan fingerprint density at radius 1 is 1.20 bits per heavy atom. The molecule has 1 N–H and O–H groups in total. The number of benzene rings is 1. The Bertz CT molecular complexity index is 976. The molecule has 8 heteroatoms. The first kappa shape index (κ1) is 16.5. The van der Waals surface area contributed by atoms with Crippen LogP contribution in [0.5, 0.6) is 0 Å². The second-order valence-electron chi connectivity index (χ2n) is 6.59. The highest BCUT2D eigenvalue weighted by Gasteiger charge is 2.15. The molecule has 0 aliphatic heterocycles. The standard InChI is InChI=1S/C17H17N7O/c1-17(2,3)12-6-4-11(5-7-12)16(25)20-14-10-24-15(19-14)9-8-13(22-24)21-23-18/h4-10H,1-3H3,(H,20,25). The van der Waals surface area contributed by atoms with Crippen LogP contribution in [0.25, 0.3) is 16.1 Å². The Kier molecular flexibility index (Phi) is 4.12. The van der Waals surface area contributed by atoms with Gasteiger partial charge in [0.2, 0.25) is 0 Å². The van der Waals surface area contributed by atoms with Crippen LogP contribution in [0, 0.1) is 0 Å². The number of carbonyl (C=O) groups excluding carboxylic acids is 1. The Balaban J connectivity index is 1.80. The molecule has 2 heterocycles. The highest BCUT2D eigenvalue weighted by atomic mass is 16.1. The maximum Gasteiger partial charge on any atom is 0.256 e. The lowest BCUT2D eigenvalue weighted by Gasteiger charge is -2.18. The molecule has 1 amide bonds. The van der Waals surface area contributed by atoms with Gasteiger partial charge in [0.05, 0.1) is 6.20 Å². The summed E-state index contributed by atoms with van der Waals surface area (Å²) in [5.74, 6) is 0.345. The number of anilines is 1. The number of carbonyl (C=O) groups is 1. The number of amides is 1. The Labute approximate surface area is 144 Å². The molecule has 0 aliphatic rings. The highest BCUT2D eigenvalue weighted by molar-refractivity contribution is 6.03. The molecule has 0 atom stereocenters. The van der Waals surface area contributed by atoms with Crippen molar-refractivity contribution in [3.05, 3.63) is 64.2 Å². The van der Waals surface area contributed by atoms with Gasteiger partial charge < -0.3 is 5.32 Å². The SMILES string of the molecule is CC(C)(C)c1ccc(C(=O)Nc2cn3nc(N=[N+]=[N-])ccc3n2)cc1. The molecule has 25 heavy (non-hydrogen) atoms. The molecule has 126 valence electrons. The zero-order chi connectivity index (χ0) is 18.0. The molecule has 1 aromatic carbocycles. The molecule has 0 unspecified atom stereocenters. The van der Waals surface area contributed by atoms with E-state index in [4.69, 9.17) is 5.53 Å². The molecule has 0 spiro atoms. The van der Waals surface area contributed by atoms with Crippen molar-refractivity contribution in [3.8, 4) is 0 Å². The molecule has 0 aliphatic carbocycles. The van der Waals surface area contributed by atoms with E-state index in [1.165, 1.54) is 4.52 Å². The van der Waals surface area contributed by atoms with Gasteiger partial charge in [0.25, 0.3) is 5.91 Å². The average molecular weight is 335 g/mol. The smallest absolute Gasteiger partial charge is 0.256 e. The maximum atomic E-state index is 12.4. The normalized spacial score (nSPS) is 11.2. The van der Waals surface area contributed by atoms with Gasteiger partial charge in [-0.3, -0.25) is 4.79 Å². The quantitative estimate of drug-likeness (QED) is 0.439. The third kappa shape index (κ3) is 3.59. The summed E-state index contributed by atoms with van der Waals surface area (Å²) in [6, 6.07) is 10.7.